The zero-order valence-corrected chi connectivity index (χ0v) is 15.7. The molecule has 0 saturated heterocycles. The van der Waals surface area contributed by atoms with Gasteiger partial charge in [-0.2, -0.15) is 0 Å². The monoisotopic (exact) mass is 364 g/mol. The Balaban J connectivity index is 1.83. The van der Waals surface area contributed by atoms with Crippen molar-refractivity contribution in [3.63, 3.8) is 0 Å². The maximum atomic E-state index is 13.6. The molecule has 0 aliphatic heterocycles. The molecule has 136 valence electrons. The number of Topliss-reactive ketones (excluding diaryl/α,β-unsaturated/α-hetero) is 2. The van der Waals surface area contributed by atoms with Crippen LogP contribution in [0.1, 0.15) is 46.7 Å². The molecule has 0 amide bonds. The highest BCUT2D eigenvalue weighted by Gasteiger charge is 2.41. The predicted molar refractivity (Wildman–Crippen MR) is 113 cm³/mol. The van der Waals surface area contributed by atoms with Gasteiger partial charge in [0.05, 0.1) is 0 Å². The topological polar surface area (TPSA) is 34.1 Å². The van der Waals surface area contributed by atoms with E-state index < -0.39 is 5.92 Å². The van der Waals surface area contributed by atoms with E-state index in [1.807, 2.05) is 61.5 Å². The third kappa shape index (κ3) is 2.34. The normalized spacial score (nSPS) is 19.2. The Hall–Kier alpha value is -3.26. The van der Waals surface area contributed by atoms with Crippen LogP contribution in [0.3, 0.4) is 0 Å². The number of rotatable bonds is 2. The Morgan fingerprint density at radius 2 is 1.43 bits per heavy atom. The van der Waals surface area contributed by atoms with Gasteiger partial charge in [0.1, 0.15) is 5.92 Å². The van der Waals surface area contributed by atoms with E-state index in [0.29, 0.717) is 6.42 Å². The zero-order valence-electron chi connectivity index (χ0n) is 15.7. The van der Waals surface area contributed by atoms with E-state index in [0.717, 1.165) is 38.2 Å². The van der Waals surface area contributed by atoms with Crippen LogP contribution in [0.15, 0.2) is 78.9 Å². The maximum Gasteiger partial charge on any atom is 0.178 e. The van der Waals surface area contributed by atoms with Gasteiger partial charge in [0, 0.05) is 11.5 Å². The van der Waals surface area contributed by atoms with Crippen molar-refractivity contribution in [2.24, 2.45) is 0 Å². The molecular formula is C26H20O2. The van der Waals surface area contributed by atoms with Crippen LogP contribution in [0, 0.1) is 0 Å². The van der Waals surface area contributed by atoms with E-state index in [2.05, 4.69) is 24.3 Å². The molecule has 0 N–H and O–H groups in total. The Morgan fingerprint density at radius 1 is 0.714 bits per heavy atom. The molecule has 28 heavy (non-hydrogen) atoms. The first-order chi connectivity index (χ1) is 13.7. The second-order valence-electron chi connectivity index (χ2n) is 7.48. The average molecular weight is 364 g/mol. The summed E-state index contributed by atoms with van der Waals surface area (Å²) >= 11 is 0. The van der Waals surface area contributed by atoms with Crippen LogP contribution in [0.5, 0.6) is 0 Å². The summed E-state index contributed by atoms with van der Waals surface area (Å²) in [6, 6.07) is 25.9. The molecular weight excluding hydrogens is 344 g/mol. The first kappa shape index (κ1) is 16.9. The zero-order chi connectivity index (χ0) is 19.3. The number of carbonyl (C=O) groups is 2. The van der Waals surface area contributed by atoms with Crippen LogP contribution in [0.2, 0.25) is 0 Å². The first-order valence-corrected chi connectivity index (χ1v) is 9.78. The summed E-state index contributed by atoms with van der Waals surface area (Å²) in [4.78, 5) is 26.9. The minimum atomic E-state index is -0.712. The second kappa shape index (κ2) is 6.42. The van der Waals surface area contributed by atoms with Crippen molar-refractivity contribution in [3.05, 3.63) is 95.6 Å². The lowest BCUT2D eigenvalue weighted by Crippen LogP contribution is -2.33. The molecule has 5 rings (SSSR count). The van der Waals surface area contributed by atoms with Crippen molar-refractivity contribution in [1.82, 2.24) is 0 Å². The summed E-state index contributed by atoms with van der Waals surface area (Å²) in [5.41, 5.74) is 2.40. The standard InChI is InChI=1S/C26H20O2/c1-2-18-21-15-14-20-19-11-7-6-8-16(19)12-13-22(20)24(21)26(28)23(25(18)27)17-9-4-3-5-10-17/h3-15,18,23H,2H2,1H3. The molecule has 0 aromatic heterocycles. The van der Waals surface area contributed by atoms with Crippen molar-refractivity contribution < 1.29 is 9.59 Å². The van der Waals surface area contributed by atoms with E-state index >= 15 is 0 Å². The highest BCUT2D eigenvalue weighted by molar-refractivity contribution is 6.26. The number of hydrogen-bond donors (Lipinski definition) is 0. The van der Waals surface area contributed by atoms with Gasteiger partial charge in [0.2, 0.25) is 0 Å². The molecule has 1 aliphatic carbocycles. The lowest BCUT2D eigenvalue weighted by Gasteiger charge is -2.30. The molecule has 0 bridgehead atoms. The lowest BCUT2D eigenvalue weighted by atomic mass is 9.70. The van der Waals surface area contributed by atoms with Crippen LogP contribution in [-0.4, -0.2) is 11.6 Å². The summed E-state index contributed by atoms with van der Waals surface area (Å²) in [6.07, 6.45) is 0.696. The third-order valence-corrected chi connectivity index (χ3v) is 6.01. The van der Waals surface area contributed by atoms with Crippen LogP contribution in [0.4, 0.5) is 0 Å². The van der Waals surface area contributed by atoms with Gasteiger partial charge in [-0.1, -0.05) is 85.8 Å². The molecule has 0 radical (unpaired) electrons. The first-order valence-electron chi connectivity index (χ1n) is 9.78. The molecule has 2 heteroatoms. The number of hydrogen-bond acceptors (Lipinski definition) is 2. The Morgan fingerprint density at radius 3 is 2.21 bits per heavy atom. The van der Waals surface area contributed by atoms with Gasteiger partial charge in [-0.25, -0.2) is 0 Å². The molecule has 0 heterocycles. The summed E-state index contributed by atoms with van der Waals surface area (Å²) < 4.78 is 0. The number of fused-ring (bicyclic) bond motifs is 5. The van der Waals surface area contributed by atoms with Crippen molar-refractivity contribution in [3.8, 4) is 0 Å². The van der Waals surface area contributed by atoms with Crippen molar-refractivity contribution in [2.45, 2.75) is 25.2 Å². The van der Waals surface area contributed by atoms with E-state index in [1.165, 1.54) is 0 Å². The van der Waals surface area contributed by atoms with Gasteiger partial charge in [-0.05, 0) is 39.1 Å². The fourth-order valence-corrected chi connectivity index (χ4v) is 4.68. The van der Waals surface area contributed by atoms with Gasteiger partial charge in [0.15, 0.2) is 11.6 Å². The lowest BCUT2D eigenvalue weighted by molar-refractivity contribution is -0.121. The third-order valence-electron chi connectivity index (χ3n) is 6.01. The Labute approximate surface area is 163 Å². The minimum absolute atomic E-state index is 0.0198. The quantitative estimate of drug-likeness (QED) is 0.321. The molecule has 2 unspecified atom stereocenters. The maximum absolute atomic E-state index is 13.6. The summed E-state index contributed by atoms with van der Waals surface area (Å²) in [5.74, 6) is -1.01. The van der Waals surface area contributed by atoms with Crippen LogP contribution in [-0.2, 0) is 4.79 Å². The molecule has 2 atom stereocenters. The minimum Gasteiger partial charge on any atom is -0.298 e. The fourth-order valence-electron chi connectivity index (χ4n) is 4.68. The van der Waals surface area contributed by atoms with E-state index in [1.54, 1.807) is 0 Å². The fraction of sp³-hybridized carbons (Fsp3) is 0.154. The number of ketones is 2. The van der Waals surface area contributed by atoms with Gasteiger partial charge in [-0.3, -0.25) is 9.59 Å². The van der Waals surface area contributed by atoms with Crippen LogP contribution in [0.25, 0.3) is 21.5 Å². The Kier molecular flexibility index (Phi) is 3.87. The van der Waals surface area contributed by atoms with Gasteiger partial charge < -0.3 is 0 Å². The van der Waals surface area contributed by atoms with Gasteiger partial charge in [0.25, 0.3) is 0 Å². The number of carbonyl (C=O) groups excluding carboxylic acids is 2. The summed E-state index contributed by atoms with van der Waals surface area (Å²) in [5, 5.41) is 4.31. The predicted octanol–water partition coefficient (Wildman–Crippen LogP) is 6.04. The van der Waals surface area contributed by atoms with Crippen LogP contribution >= 0.6 is 0 Å². The molecule has 4 aromatic rings. The van der Waals surface area contributed by atoms with Gasteiger partial charge >= 0.3 is 0 Å². The van der Waals surface area contributed by atoms with E-state index in [4.69, 9.17) is 0 Å². The molecule has 1 aliphatic rings. The summed E-state index contributed by atoms with van der Waals surface area (Å²) in [6.45, 7) is 2.02. The molecule has 0 fully saturated rings. The average Bonchev–Trinajstić information content (AvgIpc) is 2.74. The smallest absolute Gasteiger partial charge is 0.178 e. The van der Waals surface area contributed by atoms with Crippen molar-refractivity contribution in [2.75, 3.05) is 0 Å². The Bertz CT molecular complexity index is 1240. The molecule has 4 aromatic carbocycles. The van der Waals surface area contributed by atoms with E-state index in [-0.39, 0.29) is 17.5 Å². The van der Waals surface area contributed by atoms with E-state index in [9.17, 15) is 9.59 Å². The van der Waals surface area contributed by atoms with Crippen LogP contribution < -0.4 is 0 Å². The SMILES string of the molecule is CCC1C(=O)C(c2ccccc2)C(=O)c2c1ccc1c2ccc2ccccc21. The van der Waals surface area contributed by atoms with Gasteiger partial charge in [-0.15, -0.1) is 0 Å². The molecule has 0 spiro atoms. The summed E-state index contributed by atoms with van der Waals surface area (Å²) in [7, 11) is 0. The highest BCUT2D eigenvalue weighted by Crippen LogP contribution is 2.42. The second-order valence-corrected chi connectivity index (χ2v) is 7.48. The molecule has 0 saturated carbocycles. The number of benzene rings is 4. The van der Waals surface area contributed by atoms with Crippen molar-refractivity contribution >= 4 is 33.1 Å². The van der Waals surface area contributed by atoms with Crippen molar-refractivity contribution in [1.29, 1.82) is 0 Å². The molecule has 2 nitrogen and oxygen atoms in total. The largest absolute Gasteiger partial charge is 0.298 e. The highest BCUT2D eigenvalue weighted by atomic mass is 16.2.